The van der Waals surface area contributed by atoms with E-state index >= 15 is 0 Å². The summed E-state index contributed by atoms with van der Waals surface area (Å²) in [5.41, 5.74) is 4.79. The first-order chi connectivity index (χ1) is 21.8. The second-order valence-corrected chi connectivity index (χ2v) is 14.4. The van der Waals surface area contributed by atoms with E-state index in [4.69, 9.17) is 11.6 Å². The normalized spacial score (nSPS) is 15.9. The SMILES string of the molecule is CC(C)=CC(=O)CCc1[nH]c(C=C2C(=O)Nc3ccc(S(=O)(=O)N(C)c4cccc(Cl)c4)cc32)c(C)c1C(=O)N1CCN(C)CC1. The fraction of sp³-hybridized carbons (Fsp3) is 0.324. The van der Waals surface area contributed by atoms with Gasteiger partial charge < -0.3 is 20.1 Å². The number of hydrogen-bond acceptors (Lipinski definition) is 6. The maximum absolute atomic E-state index is 13.9. The Bertz CT molecular complexity index is 1880. The molecular formula is C34H38ClN5O5S. The number of allylic oxidation sites excluding steroid dienone is 2. The number of nitrogens with zero attached hydrogens (tertiary/aromatic N) is 3. The number of aryl methyl sites for hydroxylation is 1. The summed E-state index contributed by atoms with van der Waals surface area (Å²) in [5, 5.41) is 3.22. The summed E-state index contributed by atoms with van der Waals surface area (Å²) >= 11 is 6.10. The first-order valence-electron chi connectivity index (χ1n) is 15.0. The lowest BCUT2D eigenvalue weighted by Gasteiger charge is -2.32. The highest BCUT2D eigenvalue weighted by Crippen LogP contribution is 2.37. The Labute approximate surface area is 274 Å². The molecule has 3 heterocycles. The molecule has 0 unspecified atom stereocenters. The molecule has 0 radical (unpaired) electrons. The zero-order chi connectivity index (χ0) is 33.3. The minimum absolute atomic E-state index is 0.00346. The van der Waals surface area contributed by atoms with Crippen LogP contribution < -0.4 is 9.62 Å². The third kappa shape index (κ3) is 6.81. The molecule has 46 heavy (non-hydrogen) atoms. The van der Waals surface area contributed by atoms with Gasteiger partial charge in [-0.2, -0.15) is 0 Å². The average Bonchev–Trinajstić information content (AvgIpc) is 3.49. The van der Waals surface area contributed by atoms with Crippen LogP contribution in [0.2, 0.25) is 5.02 Å². The molecule has 3 aromatic rings. The second kappa shape index (κ2) is 13.3. The van der Waals surface area contributed by atoms with Crippen LogP contribution in [0.5, 0.6) is 0 Å². The summed E-state index contributed by atoms with van der Waals surface area (Å²) < 4.78 is 28.4. The Balaban J connectivity index is 1.53. The van der Waals surface area contributed by atoms with Crippen LogP contribution in [0, 0.1) is 6.92 Å². The summed E-state index contributed by atoms with van der Waals surface area (Å²) in [6, 6.07) is 11.0. The van der Waals surface area contributed by atoms with Gasteiger partial charge in [0.05, 0.1) is 21.7 Å². The number of benzene rings is 2. The number of carbonyl (C=O) groups excluding carboxylic acids is 3. The van der Waals surface area contributed by atoms with Crippen LogP contribution in [0.1, 0.15) is 53.1 Å². The minimum Gasteiger partial charge on any atom is -0.358 e. The summed E-state index contributed by atoms with van der Waals surface area (Å²) in [6.07, 6.45) is 3.78. The highest BCUT2D eigenvalue weighted by Gasteiger charge is 2.31. The van der Waals surface area contributed by atoms with E-state index in [2.05, 4.69) is 15.2 Å². The number of amides is 2. The van der Waals surface area contributed by atoms with Gasteiger partial charge in [-0.25, -0.2) is 8.42 Å². The molecule has 1 fully saturated rings. The lowest BCUT2D eigenvalue weighted by molar-refractivity contribution is -0.114. The van der Waals surface area contributed by atoms with Crippen LogP contribution in [0.25, 0.3) is 11.6 Å². The number of anilines is 2. The minimum atomic E-state index is -4.00. The van der Waals surface area contributed by atoms with Gasteiger partial charge in [0, 0.05) is 67.3 Å². The van der Waals surface area contributed by atoms with Gasteiger partial charge in [-0.3, -0.25) is 18.7 Å². The quantitative estimate of drug-likeness (QED) is 0.306. The number of sulfonamides is 1. The van der Waals surface area contributed by atoms with Crippen LogP contribution >= 0.6 is 11.6 Å². The first-order valence-corrected chi connectivity index (χ1v) is 16.9. The lowest BCUT2D eigenvalue weighted by atomic mass is 10.0. The van der Waals surface area contributed by atoms with Crippen molar-refractivity contribution in [2.45, 2.75) is 38.5 Å². The molecule has 0 atom stereocenters. The van der Waals surface area contributed by atoms with E-state index in [-0.39, 0.29) is 28.6 Å². The molecule has 12 heteroatoms. The number of likely N-dealkylation sites (N-methyl/N-ethyl adjacent to an activating group) is 1. The highest BCUT2D eigenvalue weighted by atomic mass is 35.5. The van der Waals surface area contributed by atoms with Gasteiger partial charge in [0.15, 0.2) is 5.78 Å². The highest BCUT2D eigenvalue weighted by molar-refractivity contribution is 7.92. The molecule has 2 aromatic carbocycles. The zero-order valence-corrected chi connectivity index (χ0v) is 28.2. The molecule has 0 spiro atoms. The number of piperazine rings is 1. The monoisotopic (exact) mass is 663 g/mol. The first kappa shape index (κ1) is 33.2. The summed E-state index contributed by atoms with van der Waals surface area (Å²) in [6.45, 7) is 8.23. The van der Waals surface area contributed by atoms with Crippen molar-refractivity contribution in [2.24, 2.45) is 0 Å². The van der Waals surface area contributed by atoms with E-state index < -0.39 is 15.9 Å². The Morgan fingerprint density at radius 3 is 2.46 bits per heavy atom. The fourth-order valence-corrected chi connectivity index (χ4v) is 7.09. The predicted molar refractivity (Wildman–Crippen MR) is 182 cm³/mol. The van der Waals surface area contributed by atoms with Gasteiger partial charge in [-0.05, 0) is 88.4 Å². The van der Waals surface area contributed by atoms with Crippen LogP contribution in [-0.2, 0) is 26.0 Å². The van der Waals surface area contributed by atoms with Crippen molar-refractivity contribution < 1.29 is 22.8 Å². The van der Waals surface area contributed by atoms with Crippen LogP contribution in [0.3, 0.4) is 0 Å². The molecule has 10 nitrogen and oxygen atoms in total. The summed E-state index contributed by atoms with van der Waals surface area (Å²) in [7, 11) is -0.534. The molecule has 1 saturated heterocycles. The molecule has 0 aliphatic carbocycles. The number of fused-ring (bicyclic) bond motifs is 1. The smallest absolute Gasteiger partial charge is 0.264 e. The molecule has 0 saturated carbocycles. The largest absolute Gasteiger partial charge is 0.358 e. The Morgan fingerprint density at radius 1 is 1.07 bits per heavy atom. The number of H-pyrrole nitrogens is 1. The van der Waals surface area contributed by atoms with Crippen molar-refractivity contribution >= 4 is 62.2 Å². The number of aromatic amines is 1. The standard InChI is InChI=1S/C34H38ClN5O5S/c1-21(2)17-25(41)9-11-30-32(34(43)40-15-13-38(4)14-16-40)22(3)31(36-30)20-28-27-19-26(10-12-29(27)37-33(28)42)46(44,45)39(5)24-8-6-7-23(35)18-24/h6-8,10,12,17-20,36H,9,11,13-16H2,1-5H3,(H,37,42). The molecule has 2 N–H and O–H groups in total. The Morgan fingerprint density at radius 2 is 1.78 bits per heavy atom. The third-order valence-electron chi connectivity index (χ3n) is 8.33. The zero-order valence-electron chi connectivity index (χ0n) is 26.6. The number of aromatic nitrogens is 1. The topological polar surface area (TPSA) is 123 Å². The molecule has 1 aromatic heterocycles. The molecule has 5 rings (SSSR count). The molecule has 0 bridgehead atoms. The second-order valence-electron chi connectivity index (χ2n) is 12.0. The van der Waals surface area contributed by atoms with Gasteiger partial charge in [0.1, 0.15) is 0 Å². The van der Waals surface area contributed by atoms with E-state index in [1.165, 1.54) is 19.2 Å². The average molecular weight is 664 g/mol. The maximum Gasteiger partial charge on any atom is 0.264 e. The van der Waals surface area contributed by atoms with E-state index in [1.807, 2.05) is 32.7 Å². The van der Waals surface area contributed by atoms with Crippen molar-refractivity contribution in [1.29, 1.82) is 0 Å². The van der Waals surface area contributed by atoms with Crippen molar-refractivity contribution in [1.82, 2.24) is 14.8 Å². The van der Waals surface area contributed by atoms with Crippen molar-refractivity contribution in [3.63, 3.8) is 0 Å². The maximum atomic E-state index is 13.9. The summed E-state index contributed by atoms with van der Waals surface area (Å²) in [5.74, 6) is -0.551. The predicted octanol–water partition coefficient (Wildman–Crippen LogP) is 5.15. The van der Waals surface area contributed by atoms with E-state index in [1.54, 1.807) is 42.5 Å². The van der Waals surface area contributed by atoms with Crippen molar-refractivity contribution in [2.75, 3.05) is 49.9 Å². The van der Waals surface area contributed by atoms with Crippen LogP contribution in [-0.4, -0.2) is 81.1 Å². The number of hydrogen-bond donors (Lipinski definition) is 2. The van der Waals surface area contributed by atoms with E-state index in [0.29, 0.717) is 64.0 Å². The number of rotatable bonds is 9. The van der Waals surface area contributed by atoms with Crippen molar-refractivity contribution in [3.8, 4) is 0 Å². The number of nitrogens with one attached hydrogen (secondary N) is 2. The number of halogens is 1. The summed E-state index contributed by atoms with van der Waals surface area (Å²) in [4.78, 5) is 46.9. The third-order valence-corrected chi connectivity index (χ3v) is 10.4. The lowest BCUT2D eigenvalue weighted by Crippen LogP contribution is -2.47. The Kier molecular flexibility index (Phi) is 9.57. The van der Waals surface area contributed by atoms with E-state index in [9.17, 15) is 22.8 Å². The number of carbonyl (C=O) groups is 3. The fourth-order valence-electron chi connectivity index (χ4n) is 5.70. The van der Waals surface area contributed by atoms with Gasteiger partial charge >= 0.3 is 0 Å². The van der Waals surface area contributed by atoms with Crippen molar-refractivity contribution in [3.05, 3.63) is 87.2 Å². The van der Waals surface area contributed by atoms with Crippen LogP contribution in [0.4, 0.5) is 11.4 Å². The molecule has 2 amide bonds. The molecular weight excluding hydrogens is 626 g/mol. The molecule has 242 valence electrons. The van der Waals surface area contributed by atoms with E-state index in [0.717, 1.165) is 23.0 Å². The molecule has 2 aliphatic rings. The Hall–Kier alpha value is -4.19. The van der Waals surface area contributed by atoms with Gasteiger partial charge in [-0.15, -0.1) is 0 Å². The van der Waals surface area contributed by atoms with Gasteiger partial charge in [-0.1, -0.05) is 23.2 Å². The van der Waals surface area contributed by atoms with Gasteiger partial charge in [0.2, 0.25) is 0 Å². The van der Waals surface area contributed by atoms with Gasteiger partial charge in [0.25, 0.3) is 21.8 Å². The number of ketones is 1. The van der Waals surface area contributed by atoms with Crippen LogP contribution in [0.15, 0.2) is 59.0 Å². The molecule has 2 aliphatic heterocycles.